The first-order chi connectivity index (χ1) is 17.1. The Morgan fingerprint density at radius 1 is 1.16 bits per heavy atom. The Labute approximate surface area is 221 Å². The van der Waals surface area contributed by atoms with Crippen molar-refractivity contribution in [1.29, 1.82) is 0 Å². The average molecular weight is 518 g/mol. The second-order valence-electron chi connectivity index (χ2n) is 12.4. The summed E-state index contributed by atoms with van der Waals surface area (Å²) in [5.41, 5.74) is -0.771. The van der Waals surface area contributed by atoms with E-state index in [1.807, 2.05) is 46.4 Å². The highest BCUT2D eigenvalue weighted by molar-refractivity contribution is 6.61. The lowest BCUT2D eigenvalue weighted by molar-refractivity contribution is -0.136. The second kappa shape index (κ2) is 11.1. The Hall–Kier alpha value is -2.40. The van der Waals surface area contributed by atoms with Crippen molar-refractivity contribution in [2.75, 3.05) is 19.7 Å². The highest BCUT2D eigenvalue weighted by Crippen LogP contribution is 2.36. The Morgan fingerprint density at radius 2 is 1.76 bits per heavy atom. The molecule has 0 radical (unpaired) electrons. The van der Waals surface area contributed by atoms with Crippen LogP contribution in [-0.2, 0) is 18.8 Å². The van der Waals surface area contributed by atoms with Crippen molar-refractivity contribution in [2.24, 2.45) is 11.8 Å². The van der Waals surface area contributed by atoms with Crippen LogP contribution in [0, 0.1) is 11.8 Å². The fraction of sp³-hybridized carbons (Fsp3) is 0.769. The molecular weight excluding hydrogens is 475 g/mol. The minimum absolute atomic E-state index is 0.0764. The summed E-state index contributed by atoms with van der Waals surface area (Å²) >= 11 is 0. The van der Waals surface area contributed by atoms with Gasteiger partial charge >= 0.3 is 19.2 Å². The standard InChI is InChI=1S/C26H43BN4O6/c1-17(2)20(30-23(33)35-24(3,4)5)21(32)31-12-10-11-18(15-31)16-34-22-28-13-19(14-29-22)27-36-25(6,7)26(8,9)37-27/h13-14,17-18,20H,10-12,15-16H2,1-9H3,(H,30,33)/t18-,20-/m1/s1. The maximum absolute atomic E-state index is 13.3. The Bertz CT molecular complexity index is 931. The molecule has 0 saturated carbocycles. The van der Waals surface area contributed by atoms with Gasteiger partial charge in [0.05, 0.1) is 17.8 Å². The molecule has 2 atom stereocenters. The minimum atomic E-state index is -0.652. The van der Waals surface area contributed by atoms with Crippen molar-refractivity contribution in [3.63, 3.8) is 0 Å². The van der Waals surface area contributed by atoms with Crippen molar-refractivity contribution < 1.29 is 28.4 Å². The molecule has 0 aliphatic carbocycles. The summed E-state index contributed by atoms with van der Waals surface area (Å²) in [6.07, 6.45) is 4.53. The second-order valence-corrected chi connectivity index (χ2v) is 12.4. The number of hydrogen-bond donors (Lipinski definition) is 1. The van der Waals surface area contributed by atoms with Crippen LogP contribution in [-0.4, -0.2) is 76.5 Å². The molecule has 1 aromatic heterocycles. The number of nitrogens with one attached hydrogen (secondary N) is 1. The summed E-state index contributed by atoms with van der Waals surface area (Å²) in [7, 11) is -0.528. The first kappa shape index (κ1) is 29.2. The maximum atomic E-state index is 13.3. The third kappa shape index (κ3) is 7.57. The fourth-order valence-electron chi connectivity index (χ4n) is 4.24. The highest BCUT2D eigenvalue weighted by atomic mass is 16.7. The van der Waals surface area contributed by atoms with Crippen molar-refractivity contribution >= 4 is 24.6 Å². The lowest BCUT2D eigenvalue weighted by atomic mass is 9.81. The normalized spacial score (nSPS) is 22.1. The zero-order chi connectivity index (χ0) is 27.6. The number of nitrogens with zero attached hydrogens (tertiary/aromatic N) is 3. The number of carbonyl (C=O) groups is 2. The number of hydrogen-bond acceptors (Lipinski definition) is 8. The van der Waals surface area contributed by atoms with E-state index in [-0.39, 0.29) is 23.8 Å². The molecule has 2 amide bonds. The predicted octanol–water partition coefficient (Wildman–Crippen LogP) is 2.94. The van der Waals surface area contributed by atoms with E-state index in [1.54, 1.807) is 33.2 Å². The molecule has 0 aromatic carbocycles. The van der Waals surface area contributed by atoms with Crippen molar-refractivity contribution in [3.8, 4) is 6.01 Å². The van der Waals surface area contributed by atoms with Gasteiger partial charge in [-0.05, 0) is 67.2 Å². The summed E-state index contributed by atoms with van der Waals surface area (Å²) in [6.45, 7) is 18.8. The maximum Gasteiger partial charge on any atom is 0.498 e. The summed E-state index contributed by atoms with van der Waals surface area (Å²) in [6, 6.07) is -0.379. The summed E-state index contributed by atoms with van der Waals surface area (Å²) in [5.74, 6) is -0.0421. The van der Waals surface area contributed by atoms with Crippen LogP contribution in [0.15, 0.2) is 12.4 Å². The summed E-state index contributed by atoms with van der Waals surface area (Å²) in [4.78, 5) is 36.1. The highest BCUT2D eigenvalue weighted by Gasteiger charge is 2.52. The van der Waals surface area contributed by atoms with E-state index >= 15 is 0 Å². The van der Waals surface area contributed by atoms with Gasteiger partial charge in [-0.2, -0.15) is 0 Å². The van der Waals surface area contributed by atoms with Crippen LogP contribution in [0.5, 0.6) is 6.01 Å². The number of ether oxygens (including phenoxy) is 2. The fourth-order valence-corrected chi connectivity index (χ4v) is 4.24. The molecule has 3 rings (SSSR count). The van der Waals surface area contributed by atoms with Crippen LogP contribution < -0.4 is 15.5 Å². The van der Waals surface area contributed by atoms with Gasteiger partial charge in [-0.25, -0.2) is 14.8 Å². The lowest BCUT2D eigenvalue weighted by Gasteiger charge is -2.36. The van der Waals surface area contributed by atoms with Gasteiger partial charge in [-0.1, -0.05) is 13.8 Å². The number of rotatable bonds is 7. The van der Waals surface area contributed by atoms with Crippen LogP contribution in [0.2, 0.25) is 0 Å². The van der Waals surface area contributed by atoms with E-state index in [9.17, 15) is 9.59 Å². The monoisotopic (exact) mass is 518 g/mol. The van der Waals surface area contributed by atoms with E-state index in [2.05, 4.69) is 15.3 Å². The first-order valence-electron chi connectivity index (χ1n) is 13.2. The molecule has 3 heterocycles. The number of alkyl carbamates (subject to hydrolysis) is 1. The van der Waals surface area contributed by atoms with Gasteiger partial charge in [0.1, 0.15) is 11.6 Å². The molecular formula is C26H43BN4O6. The molecule has 2 aliphatic rings. The van der Waals surface area contributed by atoms with E-state index in [0.717, 1.165) is 18.3 Å². The number of amides is 2. The number of aromatic nitrogens is 2. The Kier molecular flexibility index (Phi) is 8.79. The third-order valence-electron chi connectivity index (χ3n) is 7.06. The van der Waals surface area contributed by atoms with Gasteiger partial charge in [0.2, 0.25) is 5.91 Å². The molecule has 2 aliphatic heterocycles. The van der Waals surface area contributed by atoms with Gasteiger partial charge in [-0.3, -0.25) is 4.79 Å². The van der Waals surface area contributed by atoms with Crippen LogP contribution >= 0.6 is 0 Å². The number of piperidine rings is 1. The Morgan fingerprint density at radius 3 is 2.30 bits per heavy atom. The smallest absolute Gasteiger partial charge is 0.463 e. The van der Waals surface area contributed by atoms with E-state index in [0.29, 0.717) is 19.7 Å². The van der Waals surface area contributed by atoms with Crippen molar-refractivity contribution in [2.45, 2.75) is 98.0 Å². The molecule has 0 unspecified atom stereocenters. The quantitative estimate of drug-likeness (QED) is 0.549. The average Bonchev–Trinajstić information content (AvgIpc) is 3.01. The zero-order valence-electron chi connectivity index (χ0n) is 23.8. The van der Waals surface area contributed by atoms with Gasteiger partial charge < -0.3 is 29.0 Å². The molecule has 1 aromatic rings. The van der Waals surface area contributed by atoms with Crippen molar-refractivity contribution in [3.05, 3.63) is 12.4 Å². The lowest BCUT2D eigenvalue weighted by Crippen LogP contribution is -2.54. The van der Waals surface area contributed by atoms with Crippen LogP contribution in [0.25, 0.3) is 0 Å². The molecule has 2 saturated heterocycles. The predicted molar refractivity (Wildman–Crippen MR) is 141 cm³/mol. The van der Waals surface area contributed by atoms with Crippen molar-refractivity contribution in [1.82, 2.24) is 20.2 Å². The molecule has 0 spiro atoms. The molecule has 10 nitrogen and oxygen atoms in total. The molecule has 206 valence electrons. The molecule has 37 heavy (non-hydrogen) atoms. The number of carbonyl (C=O) groups excluding carboxylic acids is 2. The minimum Gasteiger partial charge on any atom is -0.463 e. The van der Waals surface area contributed by atoms with Gasteiger partial charge in [0.25, 0.3) is 0 Å². The molecule has 0 bridgehead atoms. The van der Waals surface area contributed by atoms with Crippen LogP contribution in [0.1, 0.15) is 75.2 Å². The Balaban J connectivity index is 1.53. The van der Waals surface area contributed by atoms with Crippen LogP contribution in [0.4, 0.5) is 4.79 Å². The summed E-state index contributed by atoms with van der Waals surface area (Å²) in [5, 5.41) is 2.76. The SMILES string of the molecule is CC(C)[C@@H](NC(=O)OC(C)(C)C)C(=O)N1CCC[C@@H](COc2ncc(B3OC(C)(C)C(C)(C)O3)cn2)C1. The summed E-state index contributed by atoms with van der Waals surface area (Å²) < 4.78 is 23.3. The largest absolute Gasteiger partial charge is 0.498 e. The zero-order valence-corrected chi connectivity index (χ0v) is 23.8. The first-order valence-corrected chi connectivity index (χ1v) is 13.2. The molecule has 2 fully saturated rings. The van der Waals surface area contributed by atoms with Gasteiger partial charge in [0.15, 0.2) is 0 Å². The van der Waals surface area contributed by atoms with Gasteiger partial charge in [0, 0.05) is 36.9 Å². The number of likely N-dealkylation sites (tertiary alicyclic amines) is 1. The molecule has 1 N–H and O–H groups in total. The topological polar surface area (TPSA) is 112 Å². The van der Waals surface area contributed by atoms with Crippen LogP contribution in [0.3, 0.4) is 0 Å². The van der Waals surface area contributed by atoms with Gasteiger partial charge in [-0.15, -0.1) is 0 Å². The molecule has 11 heteroatoms. The van der Waals surface area contributed by atoms with E-state index in [1.165, 1.54) is 0 Å². The van der Waals surface area contributed by atoms with E-state index < -0.39 is 36.1 Å². The van der Waals surface area contributed by atoms with E-state index in [4.69, 9.17) is 18.8 Å². The third-order valence-corrected chi connectivity index (χ3v) is 7.06.